The fourth-order valence-corrected chi connectivity index (χ4v) is 1.85. The first kappa shape index (κ1) is 10.7. The lowest BCUT2D eigenvalue weighted by molar-refractivity contribution is -0.307. The van der Waals surface area contributed by atoms with Crippen LogP contribution >= 0.6 is 0 Å². The number of aryl methyl sites for hydroxylation is 1. The average molecular weight is 217 g/mol. The fraction of sp³-hybridized carbons (Fsp3) is 0.250. The number of aromatic amines is 1. The number of carbonyl (C=O) groups is 1. The predicted molar refractivity (Wildman–Crippen MR) is 59.7 cm³/mol. The smallest absolute Gasteiger partial charge is 0.0585 e. The number of rotatable bonds is 3. The number of carboxylic acids is 1. The number of carboxylic acid groups (broad SMARTS) is 1. The van der Waals surface area contributed by atoms with Gasteiger partial charge in [0.15, 0.2) is 0 Å². The number of fused-ring (bicyclic) bond motifs is 1. The van der Waals surface area contributed by atoms with E-state index in [4.69, 9.17) is 5.73 Å². The highest BCUT2D eigenvalue weighted by Crippen LogP contribution is 2.21. The van der Waals surface area contributed by atoms with E-state index in [-0.39, 0.29) is 6.42 Å². The van der Waals surface area contributed by atoms with Gasteiger partial charge in [-0.2, -0.15) is 0 Å². The van der Waals surface area contributed by atoms with Gasteiger partial charge in [0.1, 0.15) is 0 Å². The van der Waals surface area contributed by atoms with E-state index in [1.807, 2.05) is 25.1 Å². The van der Waals surface area contributed by atoms with Crippen LogP contribution in [-0.2, 0) is 11.2 Å². The van der Waals surface area contributed by atoms with Crippen LogP contribution in [0.4, 0.5) is 0 Å². The summed E-state index contributed by atoms with van der Waals surface area (Å²) in [6.45, 7) is 2.00. The van der Waals surface area contributed by atoms with Gasteiger partial charge in [-0.1, -0.05) is 18.2 Å². The van der Waals surface area contributed by atoms with Crippen molar-refractivity contribution < 1.29 is 9.90 Å². The first-order valence-corrected chi connectivity index (χ1v) is 5.11. The van der Waals surface area contributed by atoms with E-state index < -0.39 is 12.0 Å². The van der Waals surface area contributed by atoms with Crippen molar-refractivity contribution in [3.8, 4) is 0 Å². The number of nitrogens with two attached hydrogens (primary N) is 1. The Morgan fingerprint density at radius 1 is 1.56 bits per heavy atom. The fourth-order valence-electron chi connectivity index (χ4n) is 1.85. The summed E-state index contributed by atoms with van der Waals surface area (Å²) < 4.78 is 0. The predicted octanol–water partition coefficient (Wildman–Crippen LogP) is 0.0960. The van der Waals surface area contributed by atoms with E-state index >= 15 is 0 Å². The summed E-state index contributed by atoms with van der Waals surface area (Å²) in [5.74, 6) is -1.22. The zero-order valence-electron chi connectivity index (χ0n) is 8.99. The summed E-state index contributed by atoms with van der Waals surface area (Å²) in [7, 11) is 0. The molecule has 0 aliphatic rings. The number of benzene rings is 1. The van der Waals surface area contributed by atoms with Crippen LogP contribution in [0, 0.1) is 6.92 Å². The molecule has 1 atom stereocenters. The number of nitrogens with one attached hydrogen (secondary N) is 1. The molecule has 2 aromatic rings. The average Bonchev–Trinajstić information content (AvgIpc) is 2.63. The Morgan fingerprint density at radius 2 is 2.31 bits per heavy atom. The molecule has 4 nitrogen and oxygen atoms in total. The molecule has 0 fully saturated rings. The van der Waals surface area contributed by atoms with Gasteiger partial charge >= 0.3 is 0 Å². The van der Waals surface area contributed by atoms with Crippen molar-refractivity contribution in [2.24, 2.45) is 5.73 Å². The summed E-state index contributed by atoms with van der Waals surface area (Å²) in [4.78, 5) is 13.7. The van der Waals surface area contributed by atoms with Crippen LogP contribution in [0.1, 0.15) is 11.1 Å². The zero-order valence-corrected chi connectivity index (χ0v) is 8.99. The van der Waals surface area contributed by atoms with Crippen LogP contribution in [0.5, 0.6) is 0 Å². The second-order valence-corrected chi connectivity index (χ2v) is 3.94. The number of H-pyrrole nitrogens is 1. The summed E-state index contributed by atoms with van der Waals surface area (Å²) in [6, 6.07) is 4.94. The Labute approximate surface area is 93.1 Å². The van der Waals surface area contributed by atoms with Crippen molar-refractivity contribution in [3.05, 3.63) is 35.5 Å². The molecule has 0 radical (unpaired) electrons. The Balaban J connectivity index is 2.39. The van der Waals surface area contributed by atoms with Crippen LogP contribution in [0.15, 0.2) is 24.4 Å². The Morgan fingerprint density at radius 3 is 3.00 bits per heavy atom. The van der Waals surface area contributed by atoms with Crippen LogP contribution in [0.25, 0.3) is 10.9 Å². The molecule has 0 saturated heterocycles. The van der Waals surface area contributed by atoms with E-state index in [0.29, 0.717) is 0 Å². The van der Waals surface area contributed by atoms with Gasteiger partial charge in [0.05, 0.1) is 5.97 Å². The third-order valence-corrected chi connectivity index (χ3v) is 2.75. The van der Waals surface area contributed by atoms with Gasteiger partial charge in [-0.3, -0.25) is 0 Å². The monoisotopic (exact) mass is 217 g/mol. The maximum atomic E-state index is 10.6. The third-order valence-electron chi connectivity index (χ3n) is 2.75. The molecule has 0 bridgehead atoms. The molecular formula is C12H13N2O2-. The molecule has 2 rings (SSSR count). The molecule has 1 heterocycles. The quantitative estimate of drug-likeness (QED) is 0.764. The van der Waals surface area contributed by atoms with E-state index in [2.05, 4.69) is 4.98 Å². The minimum atomic E-state index is -1.22. The van der Waals surface area contributed by atoms with Gasteiger partial charge in [0, 0.05) is 23.1 Å². The zero-order chi connectivity index (χ0) is 11.7. The van der Waals surface area contributed by atoms with Crippen molar-refractivity contribution in [3.63, 3.8) is 0 Å². The van der Waals surface area contributed by atoms with Crippen LogP contribution < -0.4 is 10.8 Å². The normalized spacial score (nSPS) is 12.9. The van der Waals surface area contributed by atoms with Crippen molar-refractivity contribution in [1.29, 1.82) is 0 Å². The standard InChI is InChI=1S/C12H14N2O2/c1-7-3-2-4-9-8(6-14-11(7)9)5-10(13)12(15)16/h2-4,6,10,14H,5,13H2,1H3,(H,15,16)/p-1/t10-/m0/s1. The van der Waals surface area contributed by atoms with E-state index in [1.165, 1.54) is 0 Å². The molecular weight excluding hydrogens is 204 g/mol. The van der Waals surface area contributed by atoms with Gasteiger partial charge in [-0.05, 0) is 24.5 Å². The molecule has 84 valence electrons. The molecule has 0 aliphatic heterocycles. The molecule has 3 N–H and O–H groups in total. The highest BCUT2D eigenvalue weighted by atomic mass is 16.4. The molecule has 0 aliphatic carbocycles. The van der Waals surface area contributed by atoms with E-state index in [0.717, 1.165) is 22.0 Å². The van der Waals surface area contributed by atoms with Gasteiger partial charge < -0.3 is 20.6 Å². The second-order valence-electron chi connectivity index (χ2n) is 3.94. The van der Waals surface area contributed by atoms with Gasteiger partial charge in [0.25, 0.3) is 0 Å². The van der Waals surface area contributed by atoms with Crippen molar-refractivity contribution >= 4 is 16.9 Å². The highest BCUT2D eigenvalue weighted by Gasteiger charge is 2.10. The summed E-state index contributed by atoms with van der Waals surface area (Å²) in [5.41, 5.74) is 8.53. The molecule has 16 heavy (non-hydrogen) atoms. The van der Waals surface area contributed by atoms with Gasteiger partial charge in [0.2, 0.25) is 0 Å². The summed E-state index contributed by atoms with van der Waals surface area (Å²) in [6.07, 6.45) is 2.09. The Kier molecular flexibility index (Phi) is 2.66. The lowest BCUT2D eigenvalue weighted by atomic mass is 10.0. The molecule has 0 unspecified atom stereocenters. The summed E-state index contributed by atoms with van der Waals surface area (Å²) in [5, 5.41) is 11.6. The highest BCUT2D eigenvalue weighted by molar-refractivity contribution is 5.86. The van der Waals surface area contributed by atoms with Gasteiger partial charge in [-0.15, -0.1) is 0 Å². The SMILES string of the molecule is Cc1cccc2c(C[C@H](N)C(=O)[O-])c[nH]c12. The molecule has 1 aromatic carbocycles. The van der Waals surface area contributed by atoms with Crippen molar-refractivity contribution in [2.45, 2.75) is 19.4 Å². The minimum absolute atomic E-state index is 0.284. The number of aliphatic carboxylic acids is 1. The molecule has 0 spiro atoms. The van der Waals surface area contributed by atoms with Crippen LogP contribution in [-0.4, -0.2) is 17.0 Å². The maximum absolute atomic E-state index is 10.6. The lowest BCUT2D eigenvalue weighted by Crippen LogP contribution is -2.43. The number of carbonyl (C=O) groups excluding carboxylic acids is 1. The van der Waals surface area contributed by atoms with E-state index in [9.17, 15) is 9.90 Å². The van der Waals surface area contributed by atoms with Crippen LogP contribution in [0.2, 0.25) is 0 Å². The largest absolute Gasteiger partial charge is 0.548 e. The lowest BCUT2D eigenvalue weighted by Gasteiger charge is -2.11. The van der Waals surface area contributed by atoms with Crippen molar-refractivity contribution in [1.82, 2.24) is 4.98 Å². The van der Waals surface area contributed by atoms with Crippen molar-refractivity contribution in [2.75, 3.05) is 0 Å². The first-order chi connectivity index (χ1) is 7.59. The third kappa shape index (κ3) is 1.79. The molecule has 0 amide bonds. The summed E-state index contributed by atoms with van der Waals surface area (Å²) >= 11 is 0. The van der Waals surface area contributed by atoms with Gasteiger partial charge in [-0.25, -0.2) is 0 Å². The maximum Gasteiger partial charge on any atom is 0.0585 e. The molecule has 0 saturated carbocycles. The molecule has 1 aromatic heterocycles. The number of hydrogen-bond donors (Lipinski definition) is 2. The van der Waals surface area contributed by atoms with E-state index in [1.54, 1.807) is 6.20 Å². The Bertz CT molecular complexity index is 531. The minimum Gasteiger partial charge on any atom is -0.548 e. The van der Waals surface area contributed by atoms with Crippen LogP contribution in [0.3, 0.4) is 0 Å². The topological polar surface area (TPSA) is 81.9 Å². The Hall–Kier alpha value is -1.81. The molecule has 4 heteroatoms. The first-order valence-electron chi connectivity index (χ1n) is 5.11. The number of para-hydroxylation sites is 1. The second kappa shape index (κ2) is 3.98. The number of aromatic nitrogens is 1. The number of hydrogen-bond acceptors (Lipinski definition) is 3.